The van der Waals surface area contributed by atoms with Gasteiger partial charge in [-0.3, -0.25) is 9.89 Å². The molecule has 0 spiro atoms. The highest BCUT2D eigenvalue weighted by Gasteiger charge is 2.25. The van der Waals surface area contributed by atoms with Crippen molar-refractivity contribution in [1.82, 2.24) is 15.5 Å². The van der Waals surface area contributed by atoms with Gasteiger partial charge in [-0.25, -0.2) is 0 Å². The molecular weight excluding hydrogens is 336 g/mol. The van der Waals surface area contributed by atoms with E-state index in [1.165, 1.54) is 11.1 Å². The molecule has 5 nitrogen and oxygen atoms in total. The fourth-order valence-corrected chi connectivity index (χ4v) is 3.93. The van der Waals surface area contributed by atoms with E-state index in [1.807, 2.05) is 7.05 Å². The second kappa shape index (κ2) is 10.5. The minimum Gasteiger partial charge on any atom is -0.377 e. The van der Waals surface area contributed by atoms with Crippen LogP contribution in [0.5, 0.6) is 0 Å². The third kappa shape index (κ3) is 6.36. The molecule has 2 aliphatic heterocycles. The first-order chi connectivity index (χ1) is 13.2. The molecule has 5 heteroatoms. The largest absolute Gasteiger partial charge is 0.377 e. The van der Waals surface area contributed by atoms with E-state index >= 15 is 0 Å². The molecule has 0 aliphatic carbocycles. The molecule has 2 heterocycles. The van der Waals surface area contributed by atoms with Crippen LogP contribution in [0, 0.1) is 0 Å². The van der Waals surface area contributed by atoms with E-state index in [0.29, 0.717) is 12.1 Å². The lowest BCUT2D eigenvalue weighted by atomic mass is 9.97. The summed E-state index contributed by atoms with van der Waals surface area (Å²) in [7, 11) is 1.86. The maximum Gasteiger partial charge on any atom is 0.191 e. The highest BCUT2D eigenvalue weighted by atomic mass is 16.5. The van der Waals surface area contributed by atoms with Crippen molar-refractivity contribution in [3.05, 3.63) is 47.5 Å². The molecule has 1 aromatic rings. The quantitative estimate of drug-likeness (QED) is 0.459. The molecule has 3 rings (SSSR count). The minimum absolute atomic E-state index is 0.487. The van der Waals surface area contributed by atoms with Crippen LogP contribution in [0.1, 0.15) is 38.2 Å². The van der Waals surface area contributed by atoms with Crippen LogP contribution in [0.25, 0.3) is 0 Å². The zero-order valence-corrected chi connectivity index (χ0v) is 16.8. The van der Waals surface area contributed by atoms with Crippen LogP contribution >= 0.6 is 0 Å². The SMILES string of the molecule is CN=C(NCCC1=CCOCC1)NC1CCN(Cc2ccccc2)C(C)C1. The van der Waals surface area contributed by atoms with Crippen molar-refractivity contribution < 1.29 is 4.74 Å². The summed E-state index contributed by atoms with van der Waals surface area (Å²) in [6, 6.07) is 11.8. The lowest BCUT2D eigenvalue weighted by Crippen LogP contribution is -2.51. The van der Waals surface area contributed by atoms with Gasteiger partial charge in [-0.2, -0.15) is 0 Å². The van der Waals surface area contributed by atoms with Crippen LogP contribution in [-0.4, -0.2) is 56.3 Å². The Bertz CT molecular complexity index is 628. The molecule has 2 aliphatic rings. The third-order valence-corrected chi connectivity index (χ3v) is 5.60. The predicted octanol–water partition coefficient (Wildman–Crippen LogP) is 2.94. The van der Waals surface area contributed by atoms with Crippen molar-refractivity contribution in [3.63, 3.8) is 0 Å². The van der Waals surface area contributed by atoms with Gasteiger partial charge >= 0.3 is 0 Å². The molecule has 0 bridgehead atoms. The summed E-state index contributed by atoms with van der Waals surface area (Å²) in [5, 5.41) is 7.10. The average Bonchev–Trinajstić information content (AvgIpc) is 2.71. The van der Waals surface area contributed by atoms with E-state index < -0.39 is 0 Å². The summed E-state index contributed by atoms with van der Waals surface area (Å²) < 4.78 is 5.37. The zero-order valence-electron chi connectivity index (χ0n) is 16.8. The molecule has 1 saturated heterocycles. The molecule has 148 valence electrons. The van der Waals surface area contributed by atoms with Crippen LogP contribution in [-0.2, 0) is 11.3 Å². The third-order valence-electron chi connectivity index (χ3n) is 5.60. The van der Waals surface area contributed by atoms with Gasteiger partial charge in [0, 0.05) is 38.8 Å². The Morgan fingerprint density at radius 3 is 2.85 bits per heavy atom. The van der Waals surface area contributed by atoms with Gasteiger partial charge in [0.25, 0.3) is 0 Å². The van der Waals surface area contributed by atoms with Gasteiger partial charge in [0.1, 0.15) is 0 Å². The standard InChI is InChI=1S/C22H34N4O/c1-18-16-21(9-13-26(18)17-20-6-4-3-5-7-20)25-22(23-2)24-12-8-19-10-14-27-15-11-19/h3-7,10,18,21H,8-9,11-17H2,1-2H3,(H2,23,24,25). The summed E-state index contributed by atoms with van der Waals surface area (Å²) in [5.74, 6) is 0.927. The lowest BCUT2D eigenvalue weighted by Gasteiger charge is -2.38. The minimum atomic E-state index is 0.487. The molecule has 2 N–H and O–H groups in total. The number of likely N-dealkylation sites (tertiary alicyclic amines) is 1. The molecule has 1 fully saturated rings. The van der Waals surface area contributed by atoms with Crippen LogP contribution in [0.3, 0.4) is 0 Å². The maximum atomic E-state index is 5.37. The second-order valence-electron chi connectivity index (χ2n) is 7.61. The van der Waals surface area contributed by atoms with Crippen molar-refractivity contribution >= 4 is 5.96 Å². The lowest BCUT2D eigenvalue weighted by molar-refractivity contribution is 0.134. The first-order valence-corrected chi connectivity index (χ1v) is 10.3. The summed E-state index contributed by atoms with van der Waals surface area (Å²) in [6.07, 6.45) is 6.64. The van der Waals surface area contributed by atoms with Crippen molar-refractivity contribution in [2.45, 2.75) is 51.2 Å². The average molecular weight is 371 g/mol. The Kier molecular flexibility index (Phi) is 7.72. The van der Waals surface area contributed by atoms with Gasteiger partial charge in [-0.15, -0.1) is 0 Å². The van der Waals surface area contributed by atoms with Crippen LogP contribution < -0.4 is 10.6 Å². The fourth-order valence-electron chi connectivity index (χ4n) is 3.93. The van der Waals surface area contributed by atoms with E-state index in [0.717, 1.165) is 64.5 Å². The maximum absolute atomic E-state index is 5.37. The summed E-state index contributed by atoms with van der Waals surface area (Å²) in [5.41, 5.74) is 2.89. The van der Waals surface area contributed by atoms with Crippen molar-refractivity contribution in [1.29, 1.82) is 0 Å². The highest BCUT2D eigenvalue weighted by Crippen LogP contribution is 2.20. The van der Waals surface area contributed by atoms with Gasteiger partial charge in [0.2, 0.25) is 0 Å². The Labute approximate surface area is 163 Å². The molecule has 2 unspecified atom stereocenters. The van der Waals surface area contributed by atoms with E-state index in [-0.39, 0.29) is 0 Å². The Balaban J connectivity index is 1.40. The number of nitrogens with zero attached hydrogens (tertiary/aromatic N) is 2. The highest BCUT2D eigenvalue weighted by molar-refractivity contribution is 5.79. The van der Waals surface area contributed by atoms with Crippen molar-refractivity contribution in [2.75, 3.05) is 33.4 Å². The fraction of sp³-hybridized carbons (Fsp3) is 0.591. The number of aliphatic imine (C=N–C) groups is 1. The number of guanidine groups is 1. The second-order valence-corrected chi connectivity index (χ2v) is 7.61. The van der Waals surface area contributed by atoms with E-state index in [1.54, 1.807) is 0 Å². The number of hydrogen-bond acceptors (Lipinski definition) is 3. The van der Waals surface area contributed by atoms with Gasteiger partial charge in [0.05, 0.1) is 13.2 Å². The van der Waals surface area contributed by atoms with Crippen LogP contribution in [0.4, 0.5) is 0 Å². The van der Waals surface area contributed by atoms with E-state index in [9.17, 15) is 0 Å². The molecule has 2 atom stereocenters. The summed E-state index contributed by atoms with van der Waals surface area (Å²) in [6.45, 7) is 7.05. The van der Waals surface area contributed by atoms with Gasteiger partial charge < -0.3 is 15.4 Å². The van der Waals surface area contributed by atoms with Gasteiger partial charge in [0.15, 0.2) is 5.96 Å². The number of benzene rings is 1. The van der Waals surface area contributed by atoms with E-state index in [2.05, 4.69) is 63.9 Å². The van der Waals surface area contributed by atoms with Crippen LogP contribution in [0.2, 0.25) is 0 Å². The Hall–Kier alpha value is -1.85. The predicted molar refractivity (Wildman–Crippen MR) is 112 cm³/mol. The van der Waals surface area contributed by atoms with Gasteiger partial charge in [-0.05, 0) is 38.2 Å². The molecule has 27 heavy (non-hydrogen) atoms. The number of ether oxygens (including phenoxy) is 1. The van der Waals surface area contributed by atoms with Crippen molar-refractivity contribution in [2.24, 2.45) is 4.99 Å². The first kappa shape index (κ1) is 19.9. The number of rotatable bonds is 6. The Morgan fingerprint density at radius 1 is 1.30 bits per heavy atom. The summed E-state index contributed by atoms with van der Waals surface area (Å²) in [4.78, 5) is 7.00. The topological polar surface area (TPSA) is 48.9 Å². The Morgan fingerprint density at radius 2 is 2.15 bits per heavy atom. The monoisotopic (exact) mass is 370 g/mol. The molecule has 0 aromatic heterocycles. The molecule has 0 saturated carbocycles. The van der Waals surface area contributed by atoms with Crippen molar-refractivity contribution in [3.8, 4) is 0 Å². The van der Waals surface area contributed by atoms with E-state index in [4.69, 9.17) is 4.74 Å². The molecule has 0 amide bonds. The molecule has 1 aromatic carbocycles. The first-order valence-electron chi connectivity index (χ1n) is 10.3. The number of hydrogen-bond donors (Lipinski definition) is 2. The normalized spacial score (nSPS) is 24.4. The zero-order chi connectivity index (χ0) is 18.9. The molecule has 0 radical (unpaired) electrons. The molecular formula is C22H34N4O. The smallest absolute Gasteiger partial charge is 0.191 e. The number of nitrogens with one attached hydrogen (secondary N) is 2. The van der Waals surface area contributed by atoms with Gasteiger partial charge in [-0.1, -0.05) is 42.0 Å². The number of piperidine rings is 1. The summed E-state index contributed by atoms with van der Waals surface area (Å²) >= 11 is 0. The van der Waals surface area contributed by atoms with Crippen LogP contribution in [0.15, 0.2) is 47.0 Å².